The molecule has 2 rings (SSSR count). The fourth-order valence-corrected chi connectivity index (χ4v) is 3.84. The lowest BCUT2D eigenvalue weighted by Gasteiger charge is -2.25. The van der Waals surface area contributed by atoms with Gasteiger partial charge in [-0.1, -0.05) is 33.8 Å². The van der Waals surface area contributed by atoms with E-state index in [-0.39, 0.29) is 31.8 Å². The fraction of sp³-hybridized carbons (Fsp3) is 0.625. The van der Waals surface area contributed by atoms with Crippen molar-refractivity contribution in [2.24, 2.45) is 11.8 Å². The smallest absolute Gasteiger partial charge is 0.363 e. The quantitative estimate of drug-likeness (QED) is 0.720. The van der Waals surface area contributed by atoms with Crippen molar-refractivity contribution in [2.75, 3.05) is 20.0 Å². The zero-order valence-corrected chi connectivity index (χ0v) is 14.9. The third kappa shape index (κ3) is 4.70. The van der Waals surface area contributed by atoms with E-state index in [1.54, 1.807) is 18.2 Å². The third-order valence-corrected chi connectivity index (χ3v) is 5.09. The van der Waals surface area contributed by atoms with Crippen LogP contribution in [0.3, 0.4) is 0 Å². The molecule has 0 amide bonds. The standard InChI is InChI=1S/C16H25O6P/c1-11(2)8-21-23(18,22-9-12(3)4)16(17)13-5-6-14-15(7-13)20-10-19-14/h5-7,11-12,16-17H,8-10H2,1-4H3/t16-/m0/s1. The number of aliphatic hydroxyl groups is 1. The lowest BCUT2D eigenvalue weighted by molar-refractivity contribution is 0.124. The summed E-state index contributed by atoms with van der Waals surface area (Å²) in [6.07, 6.45) is 0. The highest BCUT2D eigenvalue weighted by Gasteiger charge is 2.37. The molecule has 0 unspecified atom stereocenters. The summed E-state index contributed by atoms with van der Waals surface area (Å²) in [5, 5.41) is 10.6. The largest absolute Gasteiger partial charge is 0.454 e. The number of hydrogen-bond donors (Lipinski definition) is 1. The van der Waals surface area contributed by atoms with Crippen LogP contribution in [-0.4, -0.2) is 25.1 Å². The molecule has 6 nitrogen and oxygen atoms in total. The normalized spacial score (nSPS) is 15.4. The number of hydrogen-bond acceptors (Lipinski definition) is 6. The molecule has 0 spiro atoms. The van der Waals surface area contributed by atoms with Crippen molar-refractivity contribution in [3.05, 3.63) is 23.8 Å². The van der Waals surface area contributed by atoms with Gasteiger partial charge in [-0.3, -0.25) is 4.57 Å². The molecule has 1 atom stereocenters. The molecule has 0 bridgehead atoms. The van der Waals surface area contributed by atoms with Crippen LogP contribution in [0.25, 0.3) is 0 Å². The predicted octanol–water partition coefficient (Wildman–Crippen LogP) is 3.94. The van der Waals surface area contributed by atoms with Gasteiger partial charge in [-0.05, 0) is 29.5 Å². The zero-order valence-electron chi connectivity index (χ0n) is 14.0. The highest BCUT2D eigenvalue weighted by Crippen LogP contribution is 2.60. The van der Waals surface area contributed by atoms with Crippen LogP contribution in [0.4, 0.5) is 0 Å². The lowest BCUT2D eigenvalue weighted by atomic mass is 10.2. The van der Waals surface area contributed by atoms with Crippen molar-refractivity contribution in [1.82, 2.24) is 0 Å². The summed E-state index contributed by atoms with van der Waals surface area (Å²) < 4.78 is 34.6. The molecule has 0 fully saturated rings. The van der Waals surface area contributed by atoms with E-state index in [2.05, 4.69) is 0 Å². The van der Waals surface area contributed by atoms with Crippen LogP contribution in [0, 0.1) is 11.8 Å². The molecule has 0 radical (unpaired) electrons. The monoisotopic (exact) mass is 344 g/mol. The van der Waals surface area contributed by atoms with Crippen LogP contribution in [-0.2, 0) is 13.6 Å². The molecular formula is C16H25O6P. The third-order valence-electron chi connectivity index (χ3n) is 3.17. The molecular weight excluding hydrogens is 319 g/mol. The Morgan fingerprint density at radius 2 is 1.65 bits per heavy atom. The molecule has 0 saturated heterocycles. The van der Waals surface area contributed by atoms with E-state index in [1.807, 2.05) is 27.7 Å². The minimum atomic E-state index is -3.71. The molecule has 1 N–H and O–H groups in total. The molecule has 1 aliphatic heterocycles. The van der Waals surface area contributed by atoms with Gasteiger partial charge in [-0.25, -0.2) is 0 Å². The number of rotatable bonds is 8. The number of aliphatic hydroxyl groups excluding tert-OH is 1. The summed E-state index contributed by atoms with van der Waals surface area (Å²) in [5.41, 5.74) is 0.421. The molecule has 0 saturated carbocycles. The van der Waals surface area contributed by atoms with Crippen LogP contribution >= 0.6 is 7.60 Å². The van der Waals surface area contributed by atoms with Gasteiger partial charge in [-0.15, -0.1) is 0 Å². The van der Waals surface area contributed by atoms with Gasteiger partial charge in [0.15, 0.2) is 17.3 Å². The molecule has 1 aromatic rings. The van der Waals surface area contributed by atoms with Crippen molar-refractivity contribution in [2.45, 2.75) is 33.5 Å². The summed E-state index contributed by atoms with van der Waals surface area (Å²) in [5.74, 6) is 0.0992. The SMILES string of the molecule is CC(C)COP(=O)(OCC(C)C)[C@H](O)c1ccc2c(c1)OCO2. The Morgan fingerprint density at radius 3 is 2.22 bits per heavy atom. The molecule has 0 aromatic heterocycles. The van der Waals surface area contributed by atoms with Crippen molar-refractivity contribution in [1.29, 1.82) is 0 Å². The van der Waals surface area contributed by atoms with Gasteiger partial charge in [0.25, 0.3) is 0 Å². The van der Waals surface area contributed by atoms with Gasteiger partial charge >= 0.3 is 7.60 Å². The summed E-state index contributed by atoms with van der Waals surface area (Å²) in [4.78, 5) is 0. The van der Waals surface area contributed by atoms with Crippen molar-refractivity contribution < 1.29 is 28.2 Å². The highest BCUT2D eigenvalue weighted by molar-refractivity contribution is 7.54. The Labute approximate surface area is 137 Å². The average Bonchev–Trinajstić information content (AvgIpc) is 2.97. The first-order valence-electron chi connectivity index (χ1n) is 7.78. The van der Waals surface area contributed by atoms with Gasteiger partial charge in [0.1, 0.15) is 0 Å². The minimum Gasteiger partial charge on any atom is -0.454 e. The van der Waals surface area contributed by atoms with Crippen LogP contribution in [0.5, 0.6) is 11.5 Å². The maximum absolute atomic E-state index is 13.1. The van der Waals surface area contributed by atoms with E-state index < -0.39 is 13.4 Å². The zero-order chi connectivity index (χ0) is 17.0. The van der Waals surface area contributed by atoms with Crippen LogP contribution in [0.2, 0.25) is 0 Å². The highest BCUT2D eigenvalue weighted by atomic mass is 31.2. The van der Waals surface area contributed by atoms with E-state index >= 15 is 0 Å². The Morgan fingerprint density at radius 1 is 1.09 bits per heavy atom. The maximum atomic E-state index is 13.1. The van der Waals surface area contributed by atoms with E-state index in [0.717, 1.165) is 0 Å². The van der Waals surface area contributed by atoms with E-state index in [4.69, 9.17) is 18.5 Å². The Hall–Kier alpha value is -1.07. The van der Waals surface area contributed by atoms with Crippen LogP contribution in [0.15, 0.2) is 18.2 Å². The Kier molecular flexibility index (Phi) is 6.09. The molecule has 1 heterocycles. The maximum Gasteiger partial charge on any atom is 0.363 e. The van der Waals surface area contributed by atoms with E-state index in [0.29, 0.717) is 17.1 Å². The molecule has 1 aromatic carbocycles. The number of fused-ring (bicyclic) bond motifs is 1. The first-order chi connectivity index (χ1) is 10.8. The first kappa shape index (κ1) is 18.3. The van der Waals surface area contributed by atoms with Crippen molar-refractivity contribution in [3.63, 3.8) is 0 Å². The van der Waals surface area contributed by atoms with Gasteiger partial charge in [0.2, 0.25) is 6.79 Å². The van der Waals surface area contributed by atoms with Gasteiger partial charge in [-0.2, -0.15) is 0 Å². The summed E-state index contributed by atoms with van der Waals surface area (Å²) in [6, 6.07) is 4.93. The van der Waals surface area contributed by atoms with E-state index in [1.165, 1.54) is 0 Å². The second kappa shape index (κ2) is 7.67. The lowest BCUT2D eigenvalue weighted by Crippen LogP contribution is -2.11. The second-order valence-electron chi connectivity index (χ2n) is 6.41. The van der Waals surface area contributed by atoms with Gasteiger partial charge in [0, 0.05) is 0 Å². The number of ether oxygens (including phenoxy) is 2. The Balaban J connectivity index is 2.20. The fourth-order valence-electron chi connectivity index (χ4n) is 1.94. The summed E-state index contributed by atoms with van der Waals surface area (Å²) in [7, 11) is -3.71. The van der Waals surface area contributed by atoms with Crippen molar-refractivity contribution >= 4 is 7.60 Å². The van der Waals surface area contributed by atoms with Crippen LogP contribution < -0.4 is 9.47 Å². The molecule has 130 valence electrons. The Bertz CT molecular complexity index is 556. The summed E-state index contributed by atoms with van der Waals surface area (Å²) >= 11 is 0. The number of benzene rings is 1. The van der Waals surface area contributed by atoms with Crippen molar-refractivity contribution in [3.8, 4) is 11.5 Å². The topological polar surface area (TPSA) is 74.2 Å². The minimum absolute atomic E-state index is 0.139. The molecule has 0 aliphatic carbocycles. The first-order valence-corrected chi connectivity index (χ1v) is 9.39. The molecule has 1 aliphatic rings. The predicted molar refractivity (Wildman–Crippen MR) is 86.7 cm³/mol. The van der Waals surface area contributed by atoms with Gasteiger partial charge < -0.3 is 23.6 Å². The molecule has 7 heteroatoms. The second-order valence-corrected chi connectivity index (χ2v) is 8.49. The summed E-state index contributed by atoms with van der Waals surface area (Å²) in [6.45, 7) is 8.41. The molecule has 23 heavy (non-hydrogen) atoms. The average molecular weight is 344 g/mol. The van der Waals surface area contributed by atoms with E-state index in [9.17, 15) is 9.67 Å². The van der Waals surface area contributed by atoms with Crippen LogP contribution in [0.1, 0.15) is 39.1 Å². The van der Waals surface area contributed by atoms with Gasteiger partial charge in [0.05, 0.1) is 13.2 Å².